The van der Waals surface area contributed by atoms with E-state index in [1.54, 1.807) is 6.92 Å². The van der Waals surface area contributed by atoms with Crippen LogP contribution in [-0.4, -0.2) is 27.2 Å². The van der Waals surface area contributed by atoms with Crippen molar-refractivity contribution in [3.8, 4) is 0 Å². The SMILES string of the molecule is CCCCCCCCCCCCCCCCCCNC(=O)CCn1ncc([N+](=O)[O-])c1C. The van der Waals surface area contributed by atoms with Crippen LogP contribution in [-0.2, 0) is 11.3 Å². The van der Waals surface area contributed by atoms with E-state index >= 15 is 0 Å². The Hall–Kier alpha value is -1.92. The Morgan fingerprint density at radius 1 is 0.906 bits per heavy atom. The number of nitrogens with zero attached hydrogens (tertiary/aromatic N) is 3. The highest BCUT2D eigenvalue weighted by atomic mass is 16.6. The molecule has 0 saturated heterocycles. The fourth-order valence-electron chi connectivity index (χ4n) is 4.04. The first-order valence-electron chi connectivity index (χ1n) is 13.0. The summed E-state index contributed by atoms with van der Waals surface area (Å²) in [6, 6.07) is 0. The van der Waals surface area contributed by atoms with Crippen LogP contribution in [0.1, 0.15) is 122 Å². The number of carbonyl (C=O) groups is 1. The summed E-state index contributed by atoms with van der Waals surface area (Å²) in [6.45, 7) is 4.99. The molecule has 1 aromatic rings. The standard InChI is InChI=1S/C25H46N4O3/c1-3-4-5-6-7-8-9-10-11-12-13-14-15-16-17-18-20-26-25(30)19-21-28-23(2)24(22-27-28)29(31)32/h22H,3-21H2,1-2H3,(H,26,30). The molecule has 32 heavy (non-hydrogen) atoms. The molecule has 1 aromatic heterocycles. The van der Waals surface area contributed by atoms with Crippen molar-refractivity contribution in [1.29, 1.82) is 0 Å². The van der Waals surface area contributed by atoms with Crippen LogP contribution in [0.15, 0.2) is 6.20 Å². The normalized spacial score (nSPS) is 11.1. The first-order chi connectivity index (χ1) is 15.6. The summed E-state index contributed by atoms with van der Waals surface area (Å²) in [7, 11) is 0. The van der Waals surface area contributed by atoms with Gasteiger partial charge in [-0.3, -0.25) is 19.6 Å². The van der Waals surface area contributed by atoms with Crippen molar-refractivity contribution in [2.45, 2.75) is 130 Å². The molecule has 7 heteroatoms. The molecule has 0 unspecified atom stereocenters. The Morgan fingerprint density at radius 3 is 1.81 bits per heavy atom. The van der Waals surface area contributed by atoms with Crippen LogP contribution in [0.25, 0.3) is 0 Å². The number of aryl methyl sites for hydroxylation is 1. The van der Waals surface area contributed by atoms with E-state index in [1.807, 2.05) is 0 Å². The first kappa shape index (κ1) is 28.1. The predicted octanol–water partition coefficient (Wildman–Crippen LogP) is 6.87. The minimum absolute atomic E-state index is 0.00132. The minimum Gasteiger partial charge on any atom is -0.356 e. The number of hydrogen-bond acceptors (Lipinski definition) is 4. The Kier molecular flexibility index (Phi) is 16.4. The second kappa shape index (κ2) is 18.6. The van der Waals surface area contributed by atoms with Crippen molar-refractivity contribution in [3.05, 3.63) is 22.0 Å². The largest absolute Gasteiger partial charge is 0.356 e. The highest BCUT2D eigenvalue weighted by molar-refractivity contribution is 5.75. The Morgan fingerprint density at radius 2 is 1.38 bits per heavy atom. The Bertz CT molecular complexity index is 631. The molecule has 0 saturated carbocycles. The summed E-state index contributed by atoms with van der Waals surface area (Å²) >= 11 is 0. The van der Waals surface area contributed by atoms with E-state index in [0.717, 1.165) is 12.8 Å². The molecule has 1 heterocycles. The van der Waals surface area contributed by atoms with Crippen molar-refractivity contribution in [2.75, 3.05) is 6.54 Å². The van der Waals surface area contributed by atoms with Gasteiger partial charge in [-0.05, 0) is 13.3 Å². The molecule has 0 fully saturated rings. The molecule has 1 rings (SSSR count). The lowest BCUT2D eigenvalue weighted by atomic mass is 10.0. The molecule has 0 aromatic carbocycles. The number of nitro groups is 1. The quantitative estimate of drug-likeness (QED) is 0.126. The van der Waals surface area contributed by atoms with Gasteiger partial charge in [-0.25, -0.2) is 0 Å². The van der Waals surface area contributed by atoms with E-state index in [1.165, 1.54) is 101 Å². The number of nitrogens with one attached hydrogen (secondary N) is 1. The first-order valence-corrected chi connectivity index (χ1v) is 13.0. The average molecular weight is 451 g/mol. The van der Waals surface area contributed by atoms with E-state index in [9.17, 15) is 14.9 Å². The lowest BCUT2D eigenvalue weighted by Gasteiger charge is -2.06. The number of carbonyl (C=O) groups excluding carboxylic acids is 1. The van der Waals surface area contributed by atoms with Gasteiger partial charge in [0.05, 0.1) is 11.5 Å². The third-order valence-electron chi connectivity index (χ3n) is 6.18. The molecule has 0 aliphatic heterocycles. The van der Waals surface area contributed by atoms with E-state index in [-0.39, 0.29) is 11.6 Å². The summed E-state index contributed by atoms with van der Waals surface area (Å²) in [5.41, 5.74) is 0.485. The maximum Gasteiger partial charge on any atom is 0.309 e. The smallest absolute Gasteiger partial charge is 0.309 e. The molecule has 0 aliphatic rings. The summed E-state index contributed by atoms with van der Waals surface area (Å²) in [5, 5.41) is 17.8. The van der Waals surface area contributed by atoms with Crippen LogP contribution in [0.4, 0.5) is 5.69 Å². The van der Waals surface area contributed by atoms with Gasteiger partial charge in [0.15, 0.2) is 0 Å². The topological polar surface area (TPSA) is 90.1 Å². The number of hydrogen-bond donors (Lipinski definition) is 1. The summed E-state index contributed by atoms with van der Waals surface area (Å²) < 4.78 is 1.52. The molecule has 0 aliphatic carbocycles. The van der Waals surface area contributed by atoms with Crippen molar-refractivity contribution >= 4 is 11.6 Å². The number of unbranched alkanes of at least 4 members (excludes halogenated alkanes) is 15. The zero-order chi connectivity index (χ0) is 23.4. The van der Waals surface area contributed by atoms with Gasteiger partial charge in [-0.1, -0.05) is 103 Å². The average Bonchev–Trinajstić information content (AvgIpc) is 3.15. The highest BCUT2D eigenvalue weighted by Gasteiger charge is 2.16. The van der Waals surface area contributed by atoms with Gasteiger partial charge < -0.3 is 5.32 Å². The van der Waals surface area contributed by atoms with Crippen LogP contribution < -0.4 is 5.32 Å². The van der Waals surface area contributed by atoms with Gasteiger partial charge in [0.25, 0.3) is 0 Å². The van der Waals surface area contributed by atoms with E-state index < -0.39 is 4.92 Å². The van der Waals surface area contributed by atoms with E-state index in [4.69, 9.17) is 0 Å². The maximum atomic E-state index is 11.9. The van der Waals surface area contributed by atoms with E-state index in [0.29, 0.717) is 25.2 Å². The van der Waals surface area contributed by atoms with Crippen molar-refractivity contribution in [1.82, 2.24) is 15.1 Å². The zero-order valence-electron chi connectivity index (χ0n) is 20.6. The summed E-state index contributed by atoms with van der Waals surface area (Å²) in [4.78, 5) is 22.3. The van der Waals surface area contributed by atoms with Crippen molar-refractivity contribution < 1.29 is 9.72 Å². The molecule has 1 amide bonds. The van der Waals surface area contributed by atoms with Crippen LogP contribution in [0.3, 0.4) is 0 Å². The van der Waals surface area contributed by atoms with E-state index in [2.05, 4.69) is 17.3 Å². The minimum atomic E-state index is -0.448. The fraction of sp³-hybridized carbons (Fsp3) is 0.840. The molecule has 184 valence electrons. The molecule has 0 bridgehead atoms. The highest BCUT2D eigenvalue weighted by Crippen LogP contribution is 2.16. The van der Waals surface area contributed by atoms with Crippen LogP contribution >= 0.6 is 0 Å². The number of aromatic nitrogens is 2. The second-order valence-corrected chi connectivity index (χ2v) is 9.00. The molecule has 0 atom stereocenters. The van der Waals surface area contributed by atoms with Crippen LogP contribution in [0.2, 0.25) is 0 Å². The summed E-state index contributed by atoms with van der Waals surface area (Å²) in [6.07, 6.45) is 22.9. The van der Waals surface area contributed by atoms with Crippen molar-refractivity contribution in [2.24, 2.45) is 0 Å². The summed E-state index contributed by atoms with van der Waals surface area (Å²) in [5.74, 6) is -0.0245. The second-order valence-electron chi connectivity index (χ2n) is 9.00. The third kappa shape index (κ3) is 13.5. The number of amides is 1. The van der Waals surface area contributed by atoms with Crippen molar-refractivity contribution in [3.63, 3.8) is 0 Å². The molecular weight excluding hydrogens is 404 g/mol. The molecule has 0 spiro atoms. The van der Waals surface area contributed by atoms with Gasteiger partial charge in [0.1, 0.15) is 11.9 Å². The zero-order valence-corrected chi connectivity index (χ0v) is 20.6. The Labute approximate surface area is 194 Å². The van der Waals surface area contributed by atoms with Crippen LogP contribution in [0, 0.1) is 17.0 Å². The molecule has 0 radical (unpaired) electrons. The predicted molar refractivity (Wildman–Crippen MR) is 131 cm³/mol. The van der Waals surface area contributed by atoms with Gasteiger partial charge in [0, 0.05) is 13.0 Å². The monoisotopic (exact) mass is 450 g/mol. The molecule has 7 nitrogen and oxygen atoms in total. The van der Waals surface area contributed by atoms with Crippen LogP contribution in [0.5, 0.6) is 0 Å². The molecular formula is C25H46N4O3. The van der Waals surface area contributed by atoms with Gasteiger partial charge in [-0.15, -0.1) is 0 Å². The molecule has 1 N–H and O–H groups in total. The maximum absolute atomic E-state index is 11.9. The Balaban J connectivity index is 1.85. The fourth-order valence-corrected chi connectivity index (χ4v) is 4.04. The van der Waals surface area contributed by atoms with Gasteiger partial charge in [-0.2, -0.15) is 5.10 Å². The lowest BCUT2D eigenvalue weighted by Crippen LogP contribution is -2.25. The lowest BCUT2D eigenvalue weighted by molar-refractivity contribution is -0.385. The van der Waals surface area contributed by atoms with Gasteiger partial charge in [0.2, 0.25) is 5.91 Å². The number of rotatable bonds is 21. The third-order valence-corrected chi connectivity index (χ3v) is 6.18. The van der Waals surface area contributed by atoms with Gasteiger partial charge >= 0.3 is 5.69 Å².